The van der Waals surface area contributed by atoms with Crippen LogP contribution in [0, 0.1) is 6.92 Å². The molecule has 20 heavy (non-hydrogen) atoms. The van der Waals surface area contributed by atoms with Gasteiger partial charge in [0.1, 0.15) is 23.9 Å². The zero-order valence-electron chi connectivity index (χ0n) is 10.7. The van der Waals surface area contributed by atoms with E-state index in [0.29, 0.717) is 5.56 Å². The van der Waals surface area contributed by atoms with Gasteiger partial charge < -0.3 is 30.3 Å². The molecule has 0 atom stereocenters. The SMILES string of the molecule is Cc1cc(O)c(OCc2c(O)cc(O)cc2O)c(O)c1. The molecule has 0 aliphatic heterocycles. The third kappa shape index (κ3) is 2.64. The predicted octanol–water partition coefficient (Wildman–Crippen LogP) is 2.10. The lowest BCUT2D eigenvalue weighted by atomic mass is 10.1. The Morgan fingerprint density at radius 3 is 1.80 bits per heavy atom. The van der Waals surface area contributed by atoms with Crippen molar-refractivity contribution in [1.29, 1.82) is 0 Å². The minimum absolute atomic E-state index is 0.0298. The molecule has 2 aromatic rings. The molecule has 0 bridgehead atoms. The number of phenolic OH excluding ortho intramolecular Hbond substituents is 5. The second kappa shape index (κ2) is 5.08. The lowest BCUT2D eigenvalue weighted by Gasteiger charge is -2.12. The van der Waals surface area contributed by atoms with Crippen LogP contribution in [-0.2, 0) is 6.61 Å². The Kier molecular flexibility index (Phi) is 3.47. The third-order valence-corrected chi connectivity index (χ3v) is 2.74. The Morgan fingerprint density at radius 2 is 1.30 bits per heavy atom. The topological polar surface area (TPSA) is 110 Å². The van der Waals surface area contributed by atoms with Gasteiger partial charge in [0.2, 0.25) is 5.75 Å². The third-order valence-electron chi connectivity index (χ3n) is 2.74. The van der Waals surface area contributed by atoms with Gasteiger partial charge in [0.05, 0.1) is 5.56 Å². The molecule has 6 nitrogen and oxygen atoms in total. The van der Waals surface area contributed by atoms with Gasteiger partial charge in [-0.25, -0.2) is 0 Å². The number of aromatic hydroxyl groups is 5. The smallest absolute Gasteiger partial charge is 0.203 e. The molecule has 2 rings (SSSR count). The Bertz CT molecular complexity index is 547. The van der Waals surface area contributed by atoms with Crippen LogP contribution in [0.4, 0.5) is 0 Å². The van der Waals surface area contributed by atoms with Gasteiger partial charge in [0, 0.05) is 12.1 Å². The van der Waals surface area contributed by atoms with Gasteiger partial charge in [0.15, 0.2) is 11.5 Å². The molecule has 0 heterocycles. The molecule has 0 spiro atoms. The monoisotopic (exact) mass is 278 g/mol. The number of aryl methyl sites for hydroxylation is 1. The van der Waals surface area contributed by atoms with Crippen molar-refractivity contribution in [3.8, 4) is 34.5 Å². The molecule has 0 radical (unpaired) electrons. The van der Waals surface area contributed by atoms with Crippen molar-refractivity contribution >= 4 is 0 Å². The van der Waals surface area contributed by atoms with Crippen molar-refractivity contribution in [3.63, 3.8) is 0 Å². The van der Waals surface area contributed by atoms with Gasteiger partial charge in [-0.05, 0) is 24.6 Å². The summed E-state index contributed by atoms with van der Waals surface area (Å²) in [5.74, 6) is -1.64. The first-order valence-electron chi connectivity index (χ1n) is 5.77. The molecule has 0 amide bonds. The highest BCUT2D eigenvalue weighted by atomic mass is 16.5. The zero-order valence-corrected chi connectivity index (χ0v) is 10.7. The highest BCUT2D eigenvalue weighted by molar-refractivity contribution is 5.53. The number of ether oxygens (including phenoxy) is 1. The van der Waals surface area contributed by atoms with Gasteiger partial charge in [-0.2, -0.15) is 0 Å². The van der Waals surface area contributed by atoms with Crippen LogP contribution in [0.1, 0.15) is 11.1 Å². The Labute approximate surface area is 114 Å². The second-order valence-corrected chi connectivity index (χ2v) is 4.38. The fourth-order valence-electron chi connectivity index (χ4n) is 1.80. The van der Waals surface area contributed by atoms with E-state index in [0.717, 1.165) is 12.1 Å². The van der Waals surface area contributed by atoms with Crippen LogP contribution < -0.4 is 4.74 Å². The van der Waals surface area contributed by atoms with E-state index in [-0.39, 0.29) is 46.7 Å². The van der Waals surface area contributed by atoms with Gasteiger partial charge in [-0.1, -0.05) is 0 Å². The van der Waals surface area contributed by atoms with E-state index >= 15 is 0 Å². The molecular weight excluding hydrogens is 264 g/mol. The van der Waals surface area contributed by atoms with Crippen LogP contribution in [0.15, 0.2) is 24.3 Å². The molecule has 106 valence electrons. The first-order chi connectivity index (χ1) is 9.38. The fraction of sp³-hybridized carbons (Fsp3) is 0.143. The summed E-state index contributed by atoms with van der Waals surface area (Å²) in [6, 6.07) is 4.91. The number of rotatable bonds is 3. The molecule has 5 N–H and O–H groups in total. The van der Waals surface area contributed by atoms with Crippen molar-refractivity contribution in [2.24, 2.45) is 0 Å². The first-order valence-corrected chi connectivity index (χ1v) is 5.77. The lowest BCUT2D eigenvalue weighted by molar-refractivity contribution is 0.263. The average Bonchev–Trinajstić information content (AvgIpc) is 2.30. The van der Waals surface area contributed by atoms with Gasteiger partial charge in [0.25, 0.3) is 0 Å². The standard InChI is InChI=1S/C14H14O6/c1-7-2-12(18)14(13(19)3-7)20-6-9-10(16)4-8(15)5-11(9)17/h2-5,15-19H,6H2,1H3. The van der Waals surface area contributed by atoms with Gasteiger partial charge >= 0.3 is 0 Å². The quantitative estimate of drug-likeness (QED) is 0.588. The van der Waals surface area contributed by atoms with Crippen molar-refractivity contribution < 1.29 is 30.3 Å². The van der Waals surface area contributed by atoms with Crippen LogP contribution in [0.2, 0.25) is 0 Å². The lowest BCUT2D eigenvalue weighted by Crippen LogP contribution is -1.97. The molecule has 0 fully saturated rings. The summed E-state index contributed by atoms with van der Waals surface area (Å²) in [5, 5.41) is 47.8. The minimum atomic E-state index is -0.353. The van der Waals surface area contributed by atoms with E-state index in [2.05, 4.69) is 0 Å². The molecule has 0 saturated carbocycles. The van der Waals surface area contributed by atoms with E-state index < -0.39 is 0 Å². The molecular formula is C14H14O6. The molecule has 0 aromatic heterocycles. The van der Waals surface area contributed by atoms with E-state index in [1.165, 1.54) is 12.1 Å². The summed E-state index contributed by atoms with van der Waals surface area (Å²) in [5.41, 5.74) is 0.685. The Hall–Kier alpha value is -2.76. The highest BCUT2D eigenvalue weighted by Crippen LogP contribution is 2.39. The second-order valence-electron chi connectivity index (χ2n) is 4.38. The van der Waals surface area contributed by atoms with Gasteiger partial charge in [-0.3, -0.25) is 0 Å². The Morgan fingerprint density at radius 1 is 0.800 bits per heavy atom. The number of hydrogen-bond donors (Lipinski definition) is 5. The summed E-state index contributed by atoms with van der Waals surface area (Å²) in [7, 11) is 0. The van der Waals surface area contributed by atoms with Crippen LogP contribution in [0.25, 0.3) is 0 Å². The summed E-state index contributed by atoms with van der Waals surface area (Å²) in [6.07, 6.45) is 0. The summed E-state index contributed by atoms with van der Waals surface area (Å²) < 4.78 is 5.21. The summed E-state index contributed by atoms with van der Waals surface area (Å²) in [4.78, 5) is 0. The molecule has 6 heteroatoms. The van der Waals surface area contributed by atoms with Crippen molar-refractivity contribution in [1.82, 2.24) is 0 Å². The molecule has 2 aromatic carbocycles. The Balaban J connectivity index is 2.26. The number of phenols is 5. The molecule has 0 saturated heterocycles. The molecule has 0 aliphatic rings. The van der Waals surface area contributed by atoms with Crippen molar-refractivity contribution in [3.05, 3.63) is 35.4 Å². The molecule has 0 aliphatic carbocycles. The van der Waals surface area contributed by atoms with Crippen molar-refractivity contribution in [2.75, 3.05) is 0 Å². The van der Waals surface area contributed by atoms with E-state index in [9.17, 15) is 25.5 Å². The van der Waals surface area contributed by atoms with E-state index in [1.54, 1.807) is 6.92 Å². The summed E-state index contributed by atoms with van der Waals surface area (Å²) >= 11 is 0. The van der Waals surface area contributed by atoms with Gasteiger partial charge in [-0.15, -0.1) is 0 Å². The number of hydrogen-bond acceptors (Lipinski definition) is 6. The van der Waals surface area contributed by atoms with E-state index in [4.69, 9.17) is 4.74 Å². The van der Waals surface area contributed by atoms with Crippen LogP contribution in [0.3, 0.4) is 0 Å². The first kappa shape index (κ1) is 13.7. The summed E-state index contributed by atoms with van der Waals surface area (Å²) in [6.45, 7) is 1.41. The molecule has 0 unspecified atom stereocenters. The largest absolute Gasteiger partial charge is 0.508 e. The number of benzene rings is 2. The van der Waals surface area contributed by atoms with Crippen LogP contribution in [0.5, 0.6) is 34.5 Å². The highest BCUT2D eigenvalue weighted by Gasteiger charge is 2.14. The normalized spacial score (nSPS) is 10.4. The fourth-order valence-corrected chi connectivity index (χ4v) is 1.80. The zero-order chi connectivity index (χ0) is 14.9. The average molecular weight is 278 g/mol. The maximum absolute atomic E-state index is 9.68. The van der Waals surface area contributed by atoms with E-state index in [1.807, 2.05) is 0 Å². The maximum Gasteiger partial charge on any atom is 0.203 e. The minimum Gasteiger partial charge on any atom is -0.508 e. The van der Waals surface area contributed by atoms with Crippen molar-refractivity contribution in [2.45, 2.75) is 13.5 Å². The van der Waals surface area contributed by atoms with Crippen LogP contribution in [-0.4, -0.2) is 25.5 Å². The maximum atomic E-state index is 9.68. The van der Waals surface area contributed by atoms with Crippen LogP contribution >= 0.6 is 0 Å². The predicted molar refractivity (Wildman–Crippen MR) is 70.3 cm³/mol.